The zero-order valence-electron chi connectivity index (χ0n) is 13.9. The molecule has 0 fully saturated rings. The van der Waals surface area contributed by atoms with Crippen molar-refractivity contribution in [2.75, 3.05) is 12.9 Å². The Labute approximate surface area is 163 Å². The minimum Gasteiger partial charge on any atom is -0.469 e. The molecule has 0 unspecified atom stereocenters. The highest BCUT2D eigenvalue weighted by atomic mass is 79.9. The molecule has 0 amide bonds. The molecule has 130 valence electrons. The van der Waals surface area contributed by atoms with Crippen molar-refractivity contribution < 1.29 is 9.53 Å². The fourth-order valence-corrected chi connectivity index (χ4v) is 4.87. The van der Waals surface area contributed by atoms with Gasteiger partial charge in [0.15, 0.2) is 0 Å². The van der Waals surface area contributed by atoms with Crippen molar-refractivity contribution in [3.8, 4) is 11.1 Å². The van der Waals surface area contributed by atoms with Crippen molar-refractivity contribution in [1.82, 2.24) is 9.97 Å². The maximum atomic E-state index is 11.2. The van der Waals surface area contributed by atoms with Gasteiger partial charge in [-0.25, -0.2) is 9.97 Å². The monoisotopic (exact) mass is 436 g/mol. The molecule has 0 saturated carbocycles. The van der Waals surface area contributed by atoms with Gasteiger partial charge in [0, 0.05) is 27.1 Å². The number of thioether (sulfide) groups is 1. The van der Waals surface area contributed by atoms with E-state index in [1.807, 2.05) is 12.1 Å². The molecule has 0 N–H and O–H groups in total. The van der Waals surface area contributed by atoms with Crippen LogP contribution in [-0.2, 0) is 9.53 Å². The molecule has 0 aliphatic carbocycles. The van der Waals surface area contributed by atoms with Crippen LogP contribution >= 0.6 is 39.0 Å². The molecule has 2 aromatic heterocycles. The van der Waals surface area contributed by atoms with E-state index in [0.717, 1.165) is 37.5 Å². The van der Waals surface area contributed by atoms with Crippen LogP contribution in [0.25, 0.3) is 21.3 Å². The molecule has 25 heavy (non-hydrogen) atoms. The predicted molar refractivity (Wildman–Crippen MR) is 107 cm³/mol. The third kappa shape index (κ3) is 4.22. The lowest BCUT2D eigenvalue weighted by Gasteiger charge is -2.06. The van der Waals surface area contributed by atoms with Crippen LogP contribution in [-0.4, -0.2) is 28.8 Å². The third-order valence-electron chi connectivity index (χ3n) is 3.75. The molecule has 2 heterocycles. The van der Waals surface area contributed by atoms with Gasteiger partial charge in [-0.05, 0) is 31.0 Å². The summed E-state index contributed by atoms with van der Waals surface area (Å²) in [7, 11) is 1.42. The second kappa shape index (κ2) is 8.29. The SMILES string of the molecule is COC(=O)CCCSc1ncnc2sc(C)c(-c3ccc(Br)cc3)c12. The molecule has 0 spiro atoms. The number of ether oxygens (including phenoxy) is 1. The van der Waals surface area contributed by atoms with Crippen molar-refractivity contribution in [1.29, 1.82) is 0 Å². The number of methoxy groups -OCH3 is 1. The average Bonchev–Trinajstić information content (AvgIpc) is 2.96. The Balaban J connectivity index is 1.91. The summed E-state index contributed by atoms with van der Waals surface area (Å²) >= 11 is 6.84. The van der Waals surface area contributed by atoms with Gasteiger partial charge in [0.2, 0.25) is 0 Å². The molecule has 0 radical (unpaired) electrons. The van der Waals surface area contributed by atoms with Crippen LogP contribution in [0.4, 0.5) is 0 Å². The van der Waals surface area contributed by atoms with Gasteiger partial charge >= 0.3 is 5.97 Å². The number of halogens is 1. The van der Waals surface area contributed by atoms with Gasteiger partial charge in [0.1, 0.15) is 16.2 Å². The van der Waals surface area contributed by atoms with Gasteiger partial charge in [-0.15, -0.1) is 23.1 Å². The summed E-state index contributed by atoms with van der Waals surface area (Å²) in [5, 5.41) is 2.08. The first-order chi connectivity index (χ1) is 12.1. The largest absolute Gasteiger partial charge is 0.469 e. The quantitative estimate of drug-likeness (QED) is 0.221. The van der Waals surface area contributed by atoms with Crippen LogP contribution in [0.3, 0.4) is 0 Å². The molecule has 0 bridgehead atoms. The van der Waals surface area contributed by atoms with Crippen LogP contribution in [0, 0.1) is 6.92 Å². The van der Waals surface area contributed by atoms with E-state index in [1.165, 1.54) is 17.6 Å². The van der Waals surface area contributed by atoms with Crippen molar-refractivity contribution >= 4 is 55.2 Å². The molecular formula is C18H17BrN2O2S2. The predicted octanol–water partition coefficient (Wildman–Crippen LogP) is 5.47. The molecular weight excluding hydrogens is 420 g/mol. The number of esters is 1. The first-order valence-corrected chi connectivity index (χ1v) is 10.4. The maximum Gasteiger partial charge on any atom is 0.305 e. The highest BCUT2D eigenvalue weighted by molar-refractivity contribution is 9.10. The Morgan fingerprint density at radius 2 is 2.04 bits per heavy atom. The standard InChI is InChI=1S/C18H17BrN2O2S2/c1-11-15(12-5-7-13(19)8-6-12)16-17(20-10-21-18(16)25-11)24-9-3-4-14(22)23-2/h5-8,10H,3-4,9H2,1-2H3. The number of aromatic nitrogens is 2. The van der Waals surface area contributed by atoms with E-state index in [2.05, 4.69) is 49.7 Å². The first-order valence-electron chi connectivity index (χ1n) is 7.80. The van der Waals surface area contributed by atoms with Crippen molar-refractivity contribution in [2.45, 2.75) is 24.8 Å². The molecule has 3 aromatic rings. The zero-order chi connectivity index (χ0) is 17.8. The molecule has 0 aliphatic heterocycles. The summed E-state index contributed by atoms with van der Waals surface area (Å²) in [4.78, 5) is 22.4. The Morgan fingerprint density at radius 1 is 1.28 bits per heavy atom. The first kappa shape index (κ1) is 18.4. The van der Waals surface area contributed by atoms with Gasteiger partial charge in [-0.2, -0.15) is 0 Å². The van der Waals surface area contributed by atoms with Gasteiger partial charge < -0.3 is 4.74 Å². The lowest BCUT2D eigenvalue weighted by molar-refractivity contribution is -0.140. The molecule has 7 heteroatoms. The number of nitrogens with zero attached hydrogens (tertiary/aromatic N) is 2. The summed E-state index contributed by atoms with van der Waals surface area (Å²) in [6, 6.07) is 8.31. The smallest absolute Gasteiger partial charge is 0.305 e. The van der Waals surface area contributed by atoms with Gasteiger partial charge in [-0.3, -0.25) is 4.79 Å². The van der Waals surface area contributed by atoms with Crippen LogP contribution in [0.2, 0.25) is 0 Å². The number of benzene rings is 1. The van der Waals surface area contributed by atoms with E-state index in [-0.39, 0.29) is 5.97 Å². The number of carbonyl (C=O) groups is 1. The van der Waals surface area contributed by atoms with Crippen LogP contribution in [0.1, 0.15) is 17.7 Å². The third-order valence-corrected chi connectivity index (χ3v) is 6.37. The molecule has 0 saturated heterocycles. The Hall–Kier alpha value is -1.44. The number of aryl methyl sites for hydroxylation is 1. The Morgan fingerprint density at radius 3 is 2.76 bits per heavy atom. The highest BCUT2D eigenvalue weighted by Crippen LogP contribution is 2.41. The number of thiophene rings is 1. The number of fused-ring (bicyclic) bond motifs is 1. The van der Waals surface area contributed by atoms with Gasteiger partial charge in [-0.1, -0.05) is 28.1 Å². The fourth-order valence-electron chi connectivity index (χ4n) is 2.58. The van der Waals surface area contributed by atoms with Gasteiger partial charge in [0.05, 0.1) is 12.5 Å². The van der Waals surface area contributed by atoms with Crippen LogP contribution in [0.15, 0.2) is 40.1 Å². The average molecular weight is 437 g/mol. The highest BCUT2D eigenvalue weighted by Gasteiger charge is 2.17. The van der Waals surface area contributed by atoms with E-state index in [9.17, 15) is 4.79 Å². The second-order valence-electron chi connectivity index (χ2n) is 5.43. The maximum absolute atomic E-state index is 11.2. The molecule has 3 rings (SSSR count). The van der Waals surface area contributed by atoms with Crippen LogP contribution < -0.4 is 0 Å². The van der Waals surface area contributed by atoms with Crippen molar-refractivity contribution in [3.05, 3.63) is 39.9 Å². The topological polar surface area (TPSA) is 52.1 Å². The normalized spacial score (nSPS) is 11.0. The molecule has 1 aromatic carbocycles. The summed E-state index contributed by atoms with van der Waals surface area (Å²) in [5.74, 6) is 0.644. The minimum atomic E-state index is -0.171. The number of rotatable bonds is 6. The number of carbonyl (C=O) groups excluding carboxylic acids is 1. The lowest BCUT2D eigenvalue weighted by Crippen LogP contribution is -2.00. The van der Waals surface area contributed by atoms with E-state index < -0.39 is 0 Å². The van der Waals surface area contributed by atoms with Crippen LogP contribution in [0.5, 0.6) is 0 Å². The lowest BCUT2D eigenvalue weighted by atomic mass is 10.0. The fraction of sp³-hybridized carbons (Fsp3) is 0.278. The van der Waals surface area contributed by atoms with E-state index in [4.69, 9.17) is 0 Å². The summed E-state index contributed by atoms with van der Waals surface area (Å²) in [5.41, 5.74) is 2.36. The Kier molecular flexibility index (Phi) is 6.09. The zero-order valence-corrected chi connectivity index (χ0v) is 17.1. The molecule has 0 atom stereocenters. The van der Waals surface area contributed by atoms with E-state index >= 15 is 0 Å². The molecule has 0 aliphatic rings. The summed E-state index contributed by atoms with van der Waals surface area (Å²) in [6.45, 7) is 2.12. The summed E-state index contributed by atoms with van der Waals surface area (Å²) < 4.78 is 5.74. The van der Waals surface area contributed by atoms with Crippen molar-refractivity contribution in [2.24, 2.45) is 0 Å². The number of hydrogen-bond acceptors (Lipinski definition) is 6. The second-order valence-corrected chi connectivity index (χ2v) is 8.63. The van der Waals surface area contributed by atoms with Crippen molar-refractivity contribution in [3.63, 3.8) is 0 Å². The van der Waals surface area contributed by atoms with E-state index in [0.29, 0.717) is 6.42 Å². The summed E-state index contributed by atoms with van der Waals surface area (Å²) in [6.07, 6.45) is 2.81. The minimum absolute atomic E-state index is 0.171. The molecule has 4 nitrogen and oxygen atoms in total. The van der Waals surface area contributed by atoms with E-state index in [1.54, 1.807) is 29.4 Å². The number of hydrogen-bond donors (Lipinski definition) is 0. The van der Waals surface area contributed by atoms with Gasteiger partial charge in [0.25, 0.3) is 0 Å². The Bertz CT molecular complexity index is 894.